The van der Waals surface area contributed by atoms with Gasteiger partial charge in [-0.3, -0.25) is 19.2 Å². The molecule has 0 spiro atoms. The highest BCUT2D eigenvalue weighted by atomic mass is 16.5. The number of carboxylic acids is 3. The molecule has 2 unspecified atom stereocenters. The molecule has 19 nitrogen and oxygen atoms in total. The second-order valence-corrected chi connectivity index (χ2v) is 19.8. The fraction of sp³-hybridized carbons (Fsp3) is 0.356. The van der Waals surface area contributed by atoms with Crippen molar-refractivity contribution in [2.24, 2.45) is 17.6 Å². The minimum Gasteiger partial charge on any atom is -0.481 e. The maximum Gasteiger partial charge on any atom is 0.335 e. The van der Waals surface area contributed by atoms with Gasteiger partial charge in [-0.2, -0.15) is 0 Å². The van der Waals surface area contributed by atoms with Crippen LogP contribution < -0.4 is 10.5 Å². The lowest BCUT2D eigenvalue weighted by Crippen LogP contribution is -2.39. The number of fused-ring (bicyclic) bond motifs is 2. The van der Waals surface area contributed by atoms with E-state index in [9.17, 15) is 28.8 Å². The molecule has 1 aliphatic rings. The van der Waals surface area contributed by atoms with E-state index in [1.165, 1.54) is 11.1 Å². The Morgan fingerprint density at radius 1 is 0.590 bits per heavy atom. The van der Waals surface area contributed by atoms with Crippen LogP contribution in [0.5, 0.6) is 5.75 Å². The number of esters is 1. The van der Waals surface area contributed by atoms with E-state index >= 15 is 0 Å². The lowest BCUT2D eigenvalue weighted by atomic mass is 9.82. The highest BCUT2D eigenvalue weighted by Gasteiger charge is 2.30. The van der Waals surface area contributed by atoms with Crippen LogP contribution in [-0.2, 0) is 48.0 Å². The van der Waals surface area contributed by atoms with Crippen molar-refractivity contribution >= 4 is 47.0 Å². The molecule has 7 aromatic rings. The molecular formula is C59H71N7O12. The maximum atomic E-state index is 12.3. The molecule has 4 heterocycles. The SMILES string of the molecule is Cc1ccc(-c2nc3ccc(C)cn3c2CC(=O)N(C)C)cc1.Cc1ccc(-c2nc3ccc(C)cn3c2CC(=O)N(C)C)cc1.NC[C@H]1CC[C@H](C(=O)Oc2ccc(CCC(=O)O)cc2)CC1.O=C(O)C(O)C(O)C(=O)O. The summed E-state index contributed by atoms with van der Waals surface area (Å²) in [4.78, 5) is 79.5. The normalized spacial score (nSPS) is 14.5. The zero-order valence-electron chi connectivity index (χ0n) is 45.4. The maximum absolute atomic E-state index is 12.3. The minimum atomic E-state index is -2.27. The van der Waals surface area contributed by atoms with Crippen LogP contribution in [0.2, 0.25) is 0 Å². The van der Waals surface area contributed by atoms with E-state index in [0.717, 1.165) is 87.6 Å². The zero-order valence-corrected chi connectivity index (χ0v) is 45.4. The molecule has 414 valence electrons. The number of hydrogen-bond donors (Lipinski definition) is 6. The van der Waals surface area contributed by atoms with Crippen LogP contribution in [0.1, 0.15) is 71.3 Å². The Labute approximate surface area is 453 Å². The number of carbonyl (C=O) groups is 6. The van der Waals surface area contributed by atoms with Crippen LogP contribution in [0.3, 0.4) is 0 Å². The van der Waals surface area contributed by atoms with Gasteiger partial charge in [-0.15, -0.1) is 0 Å². The molecular weight excluding hydrogens is 999 g/mol. The third-order valence-corrected chi connectivity index (χ3v) is 13.1. The number of aliphatic hydroxyl groups excluding tert-OH is 2. The van der Waals surface area contributed by atoms with Gasteiger partial charge in [-0.1, -0.05) is 83.9 Å². The Morgan fingerprint density at radius 2 is 0.987 bits per heavy atom. The van der Waals surface area contributed by atoms with Crippen LogP contribution in [0.25, 0.3) is 33.8 Å². The molecule has 8 rings (SSSR count). The van der Waals surface area contributed by atoms with Gasteiger partial charge in [-0.05, 0) is 113 Å². The average Bonchev–Trinajstić information content (AvgIpc) is 3.97. The lowest BCUT2D eigenvalue weighted by Gasteiger charge is -2.26. The van der Waals surface area contributed by atoms with Crippen molar-refractivity contribution in [2.75, 3.05) is 34.7 Å². The van der Waals surface area contributed by atoms with Gasteiger partial charge < -0.3 is 54.6 Å². The predicted octanol–water partition coefficient (Wildman–Crippen LogP) is 6.75. The van der Waals surface area contributed by atoms with Crippen LogP contribution >= 0.6 is 0 Å². The highest BCUT2D eigenvalue weighted by molar-refractivity contribution is 5.84. The number of hydrogen-bond acceptors (Lipinski definition) is 12. The van der Waals surface area contributed by atoms with Crippen LogP contribution in [0.15, 0.2) is 109 Å². The van der Waals surface area contributed by atoms with E-state index in [-0.39, 0.29) is 30.1 Å². The van der Waals surface area contributed by atoms with Crippen LogP contribution in [0.4, 0.5) is 0 Å². The van der Waals surface area contributed by atoms with Gasteiger partial charge in [0, 0.05) is 58.1 Å². The zero-order chi connectivity index (χ0) is 57.4. The van der Waals surface area contributed by atoms with Crippen molar-refractivity contribution in [1.82, 2.24) is 28.6 Å². The first kappa shape index (κ1) is 60.6. The number of nitrogens with zero attached hydrogens (tertiary/aromatic N) is 6. The number of aryl methyl sites for hydroxylation is 5. The predicted molar refractivity (Wildman–Crippen MR) is 295 cm³/mol. The molecule has 19 heteroatoms. The van der Waals surface area contributed by atoms with E-state index in [2.05, 4.69) is 62.4 Å². The van der Waals surface area contributed by atoms with Crippen LogP contribution in [-0.4, -0.2) is 137 Å². The van der Waals surface area contributed by atoms with E-state index in [1.807, 2.05) is 59.3 Å². The first-order chi connectivity index (χ1) is 36.9. The van der Waals surface area contributed by atoms with Crippen molar-refractivity contribution < 1.29 is 59.0 Å². The summed E-state index contributed by atoms with van der Waals surface area (Å²) >= 11 is 0. The molecule has 7 N–H and O–H groups in total. The van der Waals surface area contributed by atoms with Gasteiger partial charge in [0.1, 0.15) is 17.0 Å². The molecule has 0 saturated heterocycles. The molecule has 0 bridgehead atoms. The number of benzene rings is 3. The second kappa shape index (κ2) is 28.2. The van der Waals surface area contributed by atoms with E-state index in [1.54, 1.807) is 62.3 Å². The Balaban J connectivity index is 0.000000198. The summed E-state index contributed by atoms with van der Waals surface area (Å²) in [6.45, 7) is 8.91. The number of ether oxygens (including phenoxy) is 1. The van der Waals surface area contributed by atoms with Gasteiger partial charge in [0.25, 0.3) is 0 Å². The largest absolute Gasteiger partial charge is 0.481 e. The number of aliphatic hydroxyl groups is 2. The number of carboxylic acid groups (broad SMARTS) is 3. The summed E-state index contributed by atoms with van der Waals surface area (Å²) in [6.07, 6.45) is 4.47. The van der Waals surface area contributed by atoms with E-state index in [0.29, 0.717) is 37.5 Å². The van der Waals surface area contributed by atoms with Crippen molar-refractivity contribution in [3.8, 4) is 28.3 Å². The summed E-state index contributed by atoms with van der Waals surface area (Å²) in [6, 6.07) is 31.7. The van der Waals surface area contributed by atoms with Gasteiger partial charge in [-0.25, -0.2) is 19.6 Å². The molecule has 0 aliphatic heterocycles. The summed E-state index contributed by atoms with van der Waals surface area (Å²) in [5, 5.41) is 41.2. The van der Waals surface area contributed by atoms with Gasteiger partial charge in [0.15, 0.2) is 12.2 Å². The number of imidazole rings is 2. The number of likely N-dealkylation sites (N-methyl/N-ethyl adjacent to an activating group) is 2. The molecule has 1 aliphatic carbocycles. The first-order valence-corrected chi connectivity index (χ1v) is 25.5. The van der Waals surface area contributed by atoms with Gasteiger partial charge in [0.05, 0.1) is 41.5 Å². The van der Waals surface area contributed by atoms with Gasteiger partial charge in [0.2, 0.25) is 11.8 Å². The quantitative estimate of drug-likeness (QED) is 0.0458. The first-order valence-electron chi connectivity index (χ1n) is 25.5. The Morgan fingerprint density at radius 3 is 1.35 bits per heavy atom. The Kier molecular flexibility index (Phi) is 21.9. The summed E-state index contributed by atoms with van der Waals surface area (Å²) < 4.78 is 9.48. The highest BCUT2D eigenvalue weighted by Crippen LogP contribution is 2.31. The molecule has 1 fully saturated rings. The molecule has 1 saturated carbocycles. The number of rotatable bonds is 15. The monoisotopic (exact) mass is 1070 g/mol. The smallest absolute Gasteiger partial charge is 0.335 e. The number of amides is 2. The summed E-state index contributed by atoms with van der Waals surface area (Å²) in [5.41, 5.74) is 18.7. The van der Waals surface area contributed by atoms with Crippen molar-refractivity contribution in [1.29, 1.82) is 0 Å². The summed E-state index contributed by atoms with van der Waals surface area (Å²) in [7, 11) is 7.12. The number of pyridine rings is 2. The molecule has 0 radical (unpaired) electrons. The standard InChI is InChI=1S/2C19H21N3O.C17H23NO4.C4H6O6/c2*1-13-5-8-15(9-6-13)19-16(11-18(23)21(3)4)22-12-14(2)7-10-17(22)20-19;18-11-13-1-6-14(7-2-13)17(21)22-15-8-3-12(4-9-15)5-10-16(19)20;5-1(3(7)8)2(6)4(9)10/h2*5-10,12H,11H2,1-4H3;3-4,8-9,13-14H,1-2,5-7,10-11,18H2,(H,19,20);1-2,5-6H,(H,7,8)(H,9,10)/t;;13-,14-;. The topological polar surface area (TPSA) is 280 Å². The van der Waals surface area contributed by atoms with E-state index < -0.39 is 30.1 Å². The molecule has 2 amide bonds. The molecule has 3 aromatic carbocycles. The second-order valence-electron chi connectivity index (χ2n) is 19.8. The fourth-order valence-electron chi connectivity index (χ4n) is 8.30. The summed E-state index contributed by atoms with van der Waals surface area (Å²) in [5.74, 6) is -3.36. The Bertz CT molecular complexity index is 3010. The van der Waals surface area contributed by atoms with Crippen molar-refractivity contribution in [3.63, 3.8) is 0 Å². The lowest BCUT2D eigenvalue weighted by molar-refractivity contribution is -0.165. The van der Waals surface area contributed by atoms with Crippen molar-refractivity contribution in [3.05, 3.63) is 149 Å². The molecule has 4 aromatic heterocycles. The van der Waals surface area contributed by atoms with E-state index in [4.69, 9.17) is 46.0 Å². The molecule has 78 heavy (non-hydrogen) atoms. The number of aromatic nitrogens is 4. The third-order valence-electron chi connectivity index (χ3n) is 13.1. The van der Waals surface area contributed by atoms with Crippen molar-refractivity contribution in [2.45, 2.75) is 91.3 Å². The number of aliphatic carboxylic acids is 3. The molecule has 2 atom stereocenters. The van der Waals surface area contributed by atoms with Crippen LogP contribution in [0, 0.1) is 39.5 Å². The number of carbonyl (C=O) groups excluding carboxylic acids is 3. The van der Waals surface area contributed by atoms with Gasteiger partial charge >= 0.3 is 23.9 Å². The minimum absolute atomic E-state index is 0.0329. The fourth-order valence-corrected chi connectivity index (χ4v) is 8.30. The number of nitrogens with two attached hydrogens (primary N) is 1. The third kappa shape index (κ3) is 17.1. The Hall–Kier alpha value is -8.26. The average molecular weight is 1070 g/mol.